The number of benzene rings is 1. The van der Waals surface area contributed by atoms with Crippen LogP contribution in [0.25, 0.3) is 28.1 Å². The van der Waals surface area contributed by atoms with Crippen LogP contribution in [0.5, 0.6) is 0 Å². The minimum Gasteiger partial charge on any atom is -0.465 e. The number of piperazine rings is 1. The number of amides is 4. The van der Waals surface area contributed by atoms with Crippen molar-refractivity contribution in [3.05, 3.63) is 76.6 Å². The average molecular weight is 843 g/mol. The second-order valence-corrected chi connectivity index (χ2v) is 21.1. The number of alkyl halides is 3. The SMILES string of the molecule is Cn1c(-c2cn(-c3ccc4c(cc(CCC(N)=O)n4COCC[Si](C)(C)C)n3)nc2C(F)(F)F)cnc1C(=O)Nc1ccc(C(=O)N2CCN(C(=O)O)CC2)c(Cl)c1. The maximum Gasteiger partial charge on any atom is 0.435 e. The molecule has 4 aromatic heterocycles. The number of hydrogen-bond donors (Lipinski definition) is 3. The van der Waals surface area contributed by atoms with E-state index in [1.165, 1.54) is 45.7 Å². The van der Waals surface area contributed by atoms with Crippen LogP contribution in [0.2, 0.25) is 30.7 Å². The Hall–Kier alpha value is -5.73. The molecular formula is C37H42ClF3N10O6Si. The van der Waals surface area contributed by atoms with E-state index in [1.807, 2.05) is 4.57 Å². The average Bonchev–Trinajstić information content (AvgIpc) is 3.86. The maximum atomic E-state index is 14.5. The van der Waals surface area contributed by atoms with Crippen molar-refractivity contribution in [3.8, 4) is 17.1 Å². The minimum absolute atomic E-state index is 0.0299. The number of primary amides is 1. The number of ether oxygens (including phenoxy) is 1. The molecule has 1 aliphatic heterocycles. The summed E-state index contributed by atoms with van der Waals surface area (Å²) in [6, 6.07) is 10.1. The molecule has 0 bridgehead atoms. The Kier molecular flexibility index (Phi) is 12.0. The highest BCUT2D eigenvalue weighted by atomic mass is 35.5. The normalized spacial score (nSPS) is 13.7. The van der Waals surface area contributed by atoms with Crippen molar-refractivity contribution in [3.63, 3.8) is 0 Å². The Bertz CT molecular complexity index is 2380. The molecule has 5 heterocycles. The van der Waals surface area contributed by atoms with Crippen LogP contribution in [0.4, 0.5) is 23.7 Å². The summed E-state index contributed by atoms with van der Waals surface area (Å²) in [7, 11) is 0.0370. The van der Waals surface area contributed by atoms with Gasteiger partial charge in [0.2, 0.25) is 5.91 Å². The van der Waals surface area contributed by atoms with E-state index in [4.69, 9.17) is 22.1 Å². The third-order valence-electron chi connectivity index (χ3n) is 9.65. The molecule has 0 unspecified atom stereocenters. The van der Waals surface area contributed by atoms with E-state index in [0.29, 0.717) is 24.1 Å². The number of rotatable bonds is 13. The Morgan fingerprint density at radius 1 is 1.03 bits per heavy atom. The summed E-state index contributed by atoms with van der Waals surface area (Å²) < 4.78 is 53.6. The first-order valence-electron chi connectivity index (χ1n) is 18.2. The number of aryl methyl sites for hydroxylation is 1. The molecule has 6 rings (SSSR count). The molecule has 5 aromatic rings. The number of aromatic nitrogens is 6. The van der Waals surface area contributed by atoms with Gasteiger partial charge < -0.3 is 39.8 Å². The molecule has 308 valence electrons. The zero-order valence-corrected chi connectivity index (χ0v) is 33.9. The highest BCUT2D eigenvalue weighted by Gasteiger charge is 2.39. The lowest BCUT2D eigenvalue weighted by atomic mass is 10.1. The number of nitrogens with two attached hydrogens (primary N) is 1. The van der Waals surface area contributed by atoms with Gasteiger partial charge in [0, 0.05) is 71.9 Å². The van der Waals surface area contributed by atoms with Crippen LogP contribution < -0.4 is 11.1 Å². The van der Waals surface area contributed by atoms with E-state index in [9.17, 15) is 37.5 Å². The second-order valence-electron chi connectivity index (χ2n) is 15.0. The molecule has 0 aliphatic carbocycles. The molecule has 0 radical (unpaired) electrons. The van der Waals surface area contributed by atoms with Gasteiger partial charge in [-0.1, -0.05) is 31.2 Å². The van der Waals surface area contributed by atoms with Gasteiger partial charge in [-0.2, -0.15) is 18.3 Å². The number of hydrogen-bond acceptors (Lipinski definition) is 8. The lowest BCUT2D eigenvalue weighted by molar-refractivity contribution is -0.140. The van der Waals surface area contributed by atoms with Gasteiger partial charge in [0.25, 0.3) is 11.8 Å². The number of anilines is 1. The Morgan fingerprint density at radius 2 is 1.74 bits per heavy atom. The van der Waals surface area contributed by atoms with Gasteiger partial charge in [-0.05, 0) is 48.9 Å². The Morgan fingerprint density at radius 3 is 2.38 bits per heavy atom. The van der Waals surface area contributed by atoms with Crippen molar-refractivity contribution >= 4 is 60.2 Å². The fourth-order valence-corrected chi connectivity index (χ4v) is 7.46. The van der Waals surface area contributed by atoms with Gasteiger partial charge in [0.05, 0.1) is 39.1 Å². The second kappa shape index (κ2) is 16.6. The summed E-state index contributed by atoms with van der Waals surface area (Å²) in [6.07, 6.45) is -3.27. The van der Waals surface area contributed by atoms with Gasteiger partial charge in [-0.25, -0.2) is 19.4 Å². The number of carbonyl (C=O) groups excluding carboxylic acids is 3. The van der Waals surface area contributed by atoms with Crippen molar-refractivity contribution < 1.29 is 42.2 Å². The van der Waals surface area contributed by atoms with E-state index in [-0.39, 0.29) is 78.5 Å². The fraction of sp³-hybridized carbons (Fsp3) is 0.378. The third kappa shape index (κ3) is 9.34. The van der Waals surface area contributed by atoms with Crippen molar-refractivity contribution in [1.82, 2.24) is 38.7 Å². The fourth-order valence-electron chi connectivity index (χ4n) is 6.44. The zero-order chi connectivity index (χ0) is 42.1. The molecule has 1 aromatic carbocycles. The zero-order valence-electron chi connectivity index (χ0n) is 32.1. The number of imidazole rings is 1. The highest BCUT2D eigenvalue weighted by Crippen LogP contribution is 2.37. The van der Waals surface area contributed by atoms with Crippen molar-refractivity contribution in [1.29, 1.82) is 0 Å². The number of carboxylic acid groups (broad SMARTS) is 1. The number of nitrogens with zero attached hydrogens (tertiary/aromatic N) is 8. The molecule has 16 nitrogen and oxygen atoms in total. The van der Waals surface area contributed by atoms with Crippen LogP contribution in [0, 0.1) is 0 Å². The van der Waals surface area contributed by atoms with Gasteiger partial charge in [-0.15, -0.1) is 0 Å². The molecule has 4 amide bonds. The smallest absolute Gasteiger partial charge is 0.435 e. The Labute approximate surface area is 336 Å². The van der Waals surface area contributed by atoms with Crippen LogP contribution in [0.15, 0.2) is 48.8 Å². The van der Waals surface area contributed by atoms with E-state index in [1.54, 1.807) is 12.1 Å². The molecule has 0 saturated carbocycles. The lowest BCUT2D eigenvalue weighted by Gasteiger charge is -2.33. The molecule has 21 heteroatoms. The number of halogens is 4. The number of pyridine rings is 1. The molecule has 4 N–H and O–H groups in total. The minimum atomic E-state index is -4.89. The maximum absolute atomic E-state index is 14.5. The summed E-state index contributed by atoms with van der Waals surface area (Å²) in [5.74, 6) is -1.78. The Balaban J connectivity index is 1.23. The summed E-state index contributed by atoms with van der Waals surface area (Å²) in [4.78, 5) is 60.7. The van der Waals surface area contributed by atoms with E-state index >= 15 is 0 Å². The van der Waals surface area contributed by atoms with Crippen LogP contribution >= 0.6 is 11.6 Å². The lowest BCUT2D eigenvalue weighted by Crippen LogP contribution is -2.50. The summed E-state index contributed by atoms with van der Waals surface area (Å²) in [6.45, 7) is 8.14. The van der Waals surface area contributed by atoms with Gasteiger partial charge in [0.15, 0.2) is 17.3 Å². The van der Waals surface area contributed by atoms with Crippen LogP contribution in [-0.4, -0.2) is 108 Å². The van der Waals surface area contributed by atoms with Crippen molar-refractivity contribution in [2.75, 3.05) is 38.1 Å². The molecule has 0 atom stereocenters. The molecule has 0 spiro atoms. The molecule has 1 aliphatic rings. The van der Waals surface area contributed by atoms with Crippen molar-refractivity contribution in [2.45, 2.75) is 51.4 Å². The molecule has 1 fully saturated rings. The number of carbonyl (C=O) groups is 4. The first-order valence-corrected chi connectivity index (χ1v) is 22.3. The third-order valence-corrected chi connectivity index (χ3v) is 11.7. The standard InChI is InChI=1S/C37H42ClF3N10O6Si/c1-47-29(19-43-33(47)34(53)44-22-5-7-24(26(38)17-22)35(54)48-11-13-49(14-12-48)36(55)56)25-20-51(46-32(25)37(39,40)41)31-10-8-28-27(45-31)18-23(6-9-30(42)52)50(28)21-57-15-16-58(2,3)4/h5,7-8,10,17-20H,6,9,11-16,21H2,1-4H3,(H2,42,52)(H,44,53)(H,55,56). The van der Waals surface area contributed by atoms with Crippen LogP contribution in [0.3, 0.4) is 0 Å². The molecule has 58 heavy (non-hydrogen) atoms. The first kappa shape index (κ1) is 41.9. The summed E-state index contributed by atoms with van der Waals surface area (Å²) >= 11 is 6.42. The van der Waals surface area contributed by atoms with E-state index < -0.39 is 43.8 Å². The van der Waals surface area contributed by atoms with E-state index in [2.05, 4.69) is 40.0 Å². The van der Waals surface area contributed by atoms with Gasteiger partial charge >= 0.3 is 12.3 Å². The van der Waals surface area contributed by atoms with Crippen LogP contribution in [0.1, 0.15) is 38.8 Å². The predicted molar refractivity (Wildman–Crippen MR) is 211 cm³/mol. The number of nitrogens with one attached hydrogen (secondary N) is 1. The van der Waals surface area contributed by atoms with Gasteiger partial charge in [-0.3, -0.25) is 14.4 Å². The summed E-state index contributed by atoms with van der Waals surface area (Å²) in [5.41, 5.74) is 5.96. The topological polar surface area (TPSA) is 196 Å². The largest absolute Gasteiger partial charge is 0.465 e. The van der Waals surface area contributed by atoms with Gasteiger partial charge in [0.1, 0.15) is 6.73 Å². The summed E-state index contributed by atoms with van der Waals surface area (Å²) in [5, 5.41) is 15.7. The number of fused-ring (bicyclic) bond motifs is 1. The monoisotopic (exact) mass is 842 g/mol. The van der Waals surface area contributed by atoms with Crippen LogP contribution in [-0.2, 0) is 35.9 Å². The first-order chi connectivity index (χ1) is 27.3. The predicted octanol–water partition coefficient (Wildman–Crippen LogP) is 5.71. The van der Waals surface area contributed by atoms with Crippen molar-refractivity contribution in [2.24, 2.45) is 12.8 Å². The quantitative estimate of drug-likeness (QED) is 0.0983. The molecular weight excluding hydrogens is 801 g/mol. The highest BCUT2D eigenvalue weighted by molar-refractivity contribution is 6.76. The van der Waals surface area contributed by atoms with E-state index in [0.717, 1.165) is 28.8 Å². The molecule has 1 saturated heterocycles.